The molecule has 2 heterocycles. The highest BCUT2D eigenvalue weighted by molar-refractivity contribution is 8.00. The summed E-state index contributed by atoms with van der Waals surface area (Å²) in [6.45, 7) is 2.94. The summed E-state index contributed by atoms with van der Waals surface area (Å²) < 4.78 is 5.21. The average Bonchev–Trinajstić information content (AvgIpc) is 2.67. The zero-order chi connectivity index (χ0) is 16.8. The minimum atomic E-state index is 0.163. The largest absolute Gasteiger partial charge is 0.497 e. The number of methoxy groups -OCH3 is 1. The Bertz CT molecular complexity index is 675. The van der Waals surface area contributed by atoms with Gasteiger partial charge in [-0.1, -0.05) is 6.07 Å². The number of nitrogens with zero attached hydrogens (tertiary/aromatic N) is 4. The van der Waals surface area contributed by atoms with E-state index in [4.69, 9.17) is 4.74 Å². The Kier molecular flexibility index (Phi) is 5.53. The number of carbonyl (C=O) groups excluding carboxylic acids is 1. The molecule has 6 nitrogen and oxygen atoms in total. The molecule has 0 bridgehead atoms. The average molecular weight is 344 g/mol. The van der Waals surface area contributed by atoms with Gasteiger partial charge in [0.05, 0.1) is 12.9 Å². The van der Waals surface area contributed by atoms with Gasteiger partial charge in [0.1, 0.15) is 5.75 Å². The van der Waals surface area contributed by atoms with Crippen molar-refractivity contribution < 1.29 is 9.53 Å². The number of ether oxygens (including phenoxy) is 1. The van der Waals surface area contributed by atoms with Crippen LogP contribution in [0, 0.1) is 0 Å². The molecule has 1 aliphatic rings. The molecular weight excluding hydrogens is 324 g/mol. The van der Waals surface area contributed by atoms with Gasteiger partial charge in [-0.3, -0.25) is 4.79 Å². The lowest BCUT2D eigenvalue weighted by Crippen LogP contribution is -2.49. The van der Waals surface area contributed by atoms with Gasteiger partial charge in [-0.2, -0.15) is 0 Å². The Balaban J connectivity index is 1.48. The molecule has 126 valence electrons. The molecule has 1 aliphatic heterocycles. The van der Waals surface area contributed by atoms with Crippen LogP contribution in [0.15, 0.2) is 47.6 Å². The van der Waals surface area contributed by atoms with Gasteiger partial charge < -0.3 is 14.5 Å². The van der Waals surface area contributed by atoms with Gasteiger partial charge in [-0.25, -0.2) is 9.97 Å². The molecule has 0 spiro atoms. The first kappa shape index (κ1) is 16.6. The van der Waals surface area contributed by atoms with E-state index >= 15 is 0 Å². The van der Waals surface area contributed by atoms with Crippen LogP contribution in [0.5, 0.6) is 5.75 Å². The van der Waals surface area contributed by atoms with Crippen molar-refractivity contribution in [1.82, 2.24) is 14.9 Å². The molecular formula is C17H20N4O2S. The second-order valence-corrected chi connectivity index (χ2v) is 6.43. The number of carbonyl (C=O) groups is 1. The summed E-state index contributed by atoms with van der Waals surface area (Å²) in [6, 6.07) is 9.58. The van der Waals surface area contributed by atoms with Gasteiger partial charge in [0.15, 0.2) is 0 Å². The van der Waals surface area contributed by atoms with E-state index in [0.29, 0.717) is 18.8 Å². The predicted octanol–water partition coefficient (Wildman–Crippen LogP) is 1.93. The number of amides is 1. The Morgan fingerprint density at radius 2 is 1.92 bits per heavy atom. The van der Waals surface area contributed by atoms with E-state index in [0.717, 1.165) is 29.7 Å². The maximum absolute atomic E-state index is 12.4. The number of rotatable bonds is 5. The van der Waals surface area contributed by atoms with E-state index in [9.17, 15) is 4.79 Å². The molecule has 0 N–H and O–H groups in total. The standard InChI is InChI=1S/C17H20N4O2S/c1-23-14-4-2-5-15(12-14)24-13-16(22)20-8-10-21(11-9-20)17-18-6-3-7-19-17/h2-7,12H,8-11,13H2,1H3. The molecule has 2 aromatic rings. The lowest BCUT2D eigenvalue weighted by molar-refractivity contribution is -0.128. The van der Waals surface area contributed by atoms with Crippen molar-refractivity contribution in [2.75, 3.05) is 43.9 Å². The van der Waals surface area contributed by atoms with Crippen LogP contribution >= 0.6 is 11.8 Å². The van der Waals surface area contributed by atoms with Crippen molar-refractivity contribution in [3.63, 3.8) is 0 Å². The summed E-state index contributed by atoms with van der Waals surface area (Å²) in [6.07, 6.45) is 3.48. The SMILES string of the molecule is COc1cccc(SCC(=O)N2CCN(c3ncccn3)CC2)c1. The van der Waals surface area contributed by atoms with Gasteiger partial charge in [-0.15, -0.1) is 11.8 Å². The van der Waals surface area contributed by atoms with Crippen LogP contribution in [0.25, 0.3) is 0 Å². The Labute approximate surface area is 145 Å². The topological polar surface area (TPSA) is 58.6 Å². The second kappa shape index (κ2) is 8.01. The summed E-state index contributed by atoms with van der Waals surface area (Å²) in [5, 5.41) is 0. The summed E-state index contributed by atoms with van der Waals surface area (Å²) in [5.74, 6) is 2.14. The summed E-state index contributed by atoms with van der Waals surface area (Å²) in [4.78, 5) is 26.0. The van der Waals surface area contributed by atoms with Gasteiger partial charge in [-0.05, 0) is 24.3 Å². The van der Waals surface area contributed by atoms with Crippen molar-refractivity contribution >= 4 is 23.6 Å². The summed E-state index contributed by atoms with van der Waals surface area (Å²) in [7, 11) is 1.64. The Hall–Kier alpha value is -2.28. The van der Waals surface area contributed by atoms with Crippen molar-refractivity contribution in [3.05, 3.63) is 42.7 Å². The fourth-order valence-electron chi connectivity index (χ4n) is 2.54. The van der Waals surface area contributed by atoms with Crippen LogP contribution < -0.4 is 9.64 Å². The molecule has 0 aliphatic carbocycles. The number of piperazine rings is 1. The summed E-state index contributed by atoms with van der Waals surface area (Å²) >= 11 is 1.54. The fraction of sp³-hybridized carbons (Fsp3) is 0.353. The van der Waals surface area contributed by atoms with Gasteiger partial charge in [0.25, 0.3) is 0 Å². The number of anilines is 1. The lowest BCUT2D eigenvalue weighted by Gasteiger charge is -2.34. The van der Waals surface area contributed by atoms with Gasteiger partial charge in [0, 0.05) is 43.5 Å². The highest BCUT2D eigenvalue weighted by Gasteiger charge is 2.22. The van der Waals surface area contributed by atoms with E-state index < -0.39 is 0 Å². The number of thioether (sulfide) groups is 1. The molecule has 0 saturated carbocycles. The van der Waals surface area contributed by atoms with E-state index in [2.05, 4.69) is 14.9 Å². The number of hydrogen-bond acceptors (Lipinski definition) is 6. The third-order valence-electron chi connectivity index (χ3n) is 3.87. The molecule has 1 saturated heterocycles. The monoisotopic (exact) mass is 344 g/mol. The van der Waals surface area contributed by atoms with Crippen LogP contribution in [0.4, 0.5) is 5.95 Å². The van der Waals surface area contributed by atoms with Gasteiger partial charge >= 0.3 is 0 Å². The van der Waals surface area contributed by atoms with Crippen LogP contribution in [-0.4, -0.2) is 59.8 Å². The van der Waals surface area contributed by atoms with Crippen LogP contribution in [0.3, 0.4) is 0 Å². The Morgan fingerprint density at radius 1 is 1.17 bits per heavy atom. The van der Waals surface area contributed by atoms with E-state index in [-0.39, 0.29) is 5.91 Å². The zero-order valence-electron chi connectivity index (χ0n) is 13.6. The first-order chi connectivity index (χ1) is 11.8. The molecule has 7 heteroatoms. The van der Waals surface area contributed by atoms with Crippen molar-refractivity contribution in [1.29, 1.82) is 0 Å². The highest BCUT2D eigenvalue weighted by Crippen LogP contribution is 2.23. The smallest absolute Gasteiger partial charge is 0.233 e. The number of hydrogen-bond donors (Lipinski definition) is 0. The van der Waals surface area contributed by atoms with Crippen molar-refractivity contribution in [2.24, 2.45) is 0 Å². The van der Waals surface area contributed by atoms with Gasteiger partial charge in [0.2, 0.25) is 11.9 Å². The van der Waals surface area contributed by atoms with Crippen LogP contribution in [-0.2, 0) is 4.79 Å². The van der Waals surface area contributed by atoms with Crippen LogP contribution in [0.2, 0.25) is 0 Å². The van der Waals surface area contributed by atoms with Crippen molar-refractivity contribution in [2.45, 2.75) is 4.90 Å². The first-order valence-corrected chi connectivity index (χ1v) is 8.81. The maximum Gasteiger partial charge on any atom is 0.233 e. The fourth-order valence-corrected chi connectivity index (χ4v) is 3.38. The number of benzene rings is 1. The third-order valence-corrected chi connectivity index (χ3v) is 4.85. The lowest BCUT2D eigenvalue weighted by atomic mass is 10.3. The van der Waals surface area contributed by atoms with Crippen LogP contribution in [0.1, 0.15) is 0 Å². The molecule has 3 rings (SSSR count). The molecule has 0 radical (unpaired) electrons. The van der Waals surface area contributed by atoms with Crippen molar-refractivity contribution in [3.8, 4) is 5.75 Å². The normalized spacial score (nSPS) is 14.5. The maximum atomic E-state index is 12.4. The molecule has 0 atom stereocenters. The number of aromatic nitrogens is 2. The molecule has 1 aromatic heterocycles. The molecule has 1 aromatic carbocycles. The minimum Gasteiger partial charge on any atom is -0.497 e. The molecule has 24 heavy (non-hydrogen) atoms. The highest BCUT2D eigenvalue weighted by atomic mass is 32.2. The Morgan fingerprint density at radius 3 is 2.62 bits per heavy atom. The molecule has 1 amide bonds. The minimum absolute atomic E-state index is 0.163. The summed E-state index contributed by atoms with van der Waals surface area (Å²) in [5.41, 5.74) is 0. The first-order valence-electron chi connectivity index (χ1n) is 7.83. The predicted molar refractivity (Wildman–Crippen MR) is 94.5 cm³/mol. The van der Waals surface area contributed by atoms with E-state index in [1.54, 1.807) is 25.6 Å². The zero-order valence-corrected chi connectivity index (χ0v) is 14.4. The molecule has 1 fully saturated rings. The quantitative estimate of drug-likeness (QED) is 0.773. The molecule has 0 unspecified atom stereocenters. The third kappa shape index (κ3) is 4.17. The second-order valence-electron chi connectivity index (χ2n) is 5.38. The van der Waals surface area contributed by atoms with E-state index in [1.807, 2.05) is 29.2 Å². The van der Waals surface area contributed by atoms with E-state index in [1.165, 1.54) is 11.8 Å².